The first kappa shape index (κ1) is 16.5. The number of carbonyl (C=O) groups excluding carboxylic acids is 1. The Kier molecular flexibility index (Phi) is 6.49. The molecule has 112 valence electrons. The van der Waals surface area contributed by atoms with E-state index in [1.165, 1.54) is 13.0 Å². The van der Waals surface area contributed by atoms with Gasteiger partial charge in [0.1, 0.15) is 5.82 Å². The molecule has 1 aromatic rings. The SMILES string of the molecule is CCC(C)CC(CC)Nc1ccc(F)c(NC(C)=O)c1. The summed E-state index contributed by atoms with van der Waals surface area (Å²) in [6.07, 6.45) is 3.25. The Bertz CT molecular complexity index is 448. The number of amides is 1. The molecule has 1 aromatic carbocycles. The Labute approximate surface area is 121 Å². The van der Waals surface area contributed by atoms with E-state index in [1.54, 1.807) is 12.1 Å². The molecule has 0 fully saturated rings. The van der Waals surface area contributed by atoms with Crippen LogP contribution >= 0.6 is 0 Å². The zero-order valence-electron chi connectivity index (χ0n) is 12.8. The maximum Gasteiger partial charge on any atom is 0.221 e. The van der Waals surface area contributed by atoms with E-state index in [1.807, 2.05) is 0 Å². The van der Waals surface area contributed by atoms with Crippen molar-refractivity contribution >= 4 is 17.3 Å². The lowest BCUT2D eigenvalue weighted by Crippen LogP contribution is -2.21. The number of anilines is 2. The summed E-state index contributed by atoms with van der Waals surface area (Å²) in [7, 11) is 0. The summed E-state index contributed by atoms with van der Waals surface area (Å²) in [4.78, 5) is 11.0. The van der Waals surface area contributed by atoms with Crippen molar-refractivity contribution in [2.24, 2.45) is 5.92 Å². The van der Waals surface area contributed by atoms with E-state index in [0.717, 1.165) is 24.9 Å². The lowest BCUT2D eigenvalue weighted by atomic mass is 9.97. The lowest BCUT2D eigenvalue weighted by Gasteiger charge is -2.22. The fraction of sp³-hybridized carbons (Fsp3) is 0.562. The molecule has 0 aliphatic carbocycles. The third-order valence-electron chi connectivity index (χ3n) is 3.52. The van der Waals surface area contributed by atoms with Gasteiger partial charge in [-0.2, -0.15) is 0 Å². The van der Waals surface area contributed by atoms with Crippen molar-refractivity contribution in [2.75, 3.05) is 10.6 Å². The smallest absolute Gasteiger partial charge is 0.221 e. The van der Waals surface area contributed by atoms with Crippen LogP contribution in [0, 0.1) is 11.7 Å². The highest BCUT2D eigenvalue weighted by Gasteiger charge is 2.12. The Balaban J connectivity index is 2.77. The van der Waals surface area contributed by atoms with Gasteiger partial charge in [-0.3, -0.25) is 4.79 Å². The largest absolute Gasteiger partial charge is 0.382 e. The summed E-state index contributed by atoms with van der Waals surface area (Å²) < 4.78 is 13.6. The van der Waals surface area contributed by atoms with Crippen LogP contribution in [-0.4, -0.2) is 11.9 Å². The standard InChI is InChI=1S/C16H25FN2O/c1-5-11(3)9-13(6-2)19-14-7-8-15(17)16(10-14)18-12(4)20/h7-8,10-11,13,19H,5-6,9H2,1-4H3,(H,18,20). The average Bonchev–Trinajstić information content (AvgIpc) is 2.40. The van der Waals surface area contributed by atoms with E-state index < -0.39 is 5.82 Å². The first-order valence-corrected chi connectivity index (χ1v) is 7.29. The van der Waals surface area contributed by atoms with Crippen LogP contribution in [0.4, 0.5) is 15.8 Å². The number of hydrogen-bond donors (Lipinski definition) is 2. The summed E-state index contributed by atoms with van der Waals surface area (Å²) in [5, 5.41) is 5.92. The van der Waals surface area contributed by atoms with Gasteiger partial charge in [0.05, 0.1) is 5.69 Å². The molecule has 3 nitrogen and oxygen atoms in total. The van der Waals surface area contributed by atoms with Gasteiger partial charge in [-0.1, -0.05) is 27.2 Å². The zero-order valence-corrected chi connectivity index (χ0v) is 12.8. The minimum atomic E-state index is -0.416. The molecular formula is C16H25FN2O. The molecule has 0 heterocycles. The fourth-order valence-electron chi connectivity index (χ4n) is 2.12. The molecule has 0 aliphatic heterocycles. The Morgan fingerprint density at radius 2 is 2.00 bits per heavy atom. The average molecular weight is 280 g/mol. The van der Waals surface area contributed by atoms with Crippen molar-refractivity contribution in [1.29, 1.82) is 0 Å². The van der Waals surface area contributed by atoms with Crippen LogP contribution in [0.25, 0.3) is 0 Å². The van der Waals surface area contributed by atoms with Gasteiger partial charge in [0.15, 0.2) is 0 Å². The molecule has 1 amide bonds. The highest BCUT2D eigenvalue weighted by Crippen LogP contribution is 2.22. The Morgan fingerprint density at radius 3 is 2.55 bits per heavy atom. The normalized spacial score (nSPS) is 13.7. The van der Waals surface area contributed by atoms with Gasteiger partial charge in [0.25, 0.3) is 0 Å². The summed E-state index contributed by atoms with van der Waals surface area (Å²) in [6, 6.07) is 5.10. The topological polar surface area (TPSA) is 41.1 Å². The van der Waals surface area contributed by atoms with Crippen LogP contribution in [0.3, 0.4) is 0 Å². The summed E-state index contributed by atoms with van der Waals surface area (Å²) in [5.74, 6) is -0.0314. The Morgan fingerprint density at radius 1 is 1.30 bits per heavy atom. The number of benzene rings is 1. The van der Waals surface area contributed by atoms with E-state index in [4.69, 9.17) is 0 Å². The van der Waals surface area contributed by atoms with Crippen molar-refractivity contribution in [2.45, 2.75) is 53.0 Å². The zero-order chi connectivity index (χ0) is 15.1. The predicted molar refractivity (Wildman–Crippen MR) is 82.5 cm³/mol. The molecule has 2 atom stereocenters. The monoisotopic (exact) mass is 280 g/mol. The second-order valence-electron chi connectivity index (χ2n) is 5.37. The van der Waals surface area contributed by atoms with Crippen LogP contribution in [-0.2, 0) is 4.79 Å². The van der Waals surface area contributed by atoms with E-state index in [-0.39, 0.29) is 11.6 Å². The van der Waals surface area contributed by atoms with Gasteiger partial charge < -0.3 is 10.6 Å². The van der Waals surface area contributed by atoms with Gasteiger partial charge in [-0.25, -0.2) is 4.39 Å². The van der Waals surface area contributed by atoms with Crippen molar-refractivity contribution in [3.05, 3.63) is 24.0 Å². The second-order valence-corrected chi connectivity index (χ2v) is 5.37. The van der Waals surface area contributed by atoms with Crippen molar-refractivity contribution in [3.8, 4) is 0 Å². The maximum absolute atomic E-state index is 13.6. The molecule has 0 radical (unpaired) electrons. The maximum atomic E-state index is 13.6. The second kappa shape index (κ2) is 7.88. The van der Waals surface area contributed by atoms with Gasteiger partial charge in [0, 0.05) is 18.7 Å². The van der Waals surface area contributed by atoms with Gasteiger partial charge in [-0.05, 0) is 37.0 Å². The molecule has 4 heteroatoms. The molecule has 0 spiro atoms. The van der Waals surface area contributed by atoms with Crippen LogP contribution < -0.4 is 10.6 Å². The molecule has 0 bridgehead atoms. The molecule has 0 saturated heterocycles. The van der Waals surface area contributed by atoms with E-state index >= 15 is 0 Å². The van der Waals surface area contributed by atoms with Crippen LogP contribution in [0.1, 0.15) is 47.0 Å². The van der Waals surface area contributed by atoms with E-state index in [2.05, 4.69) is 31.4 Å². The molecule has 2 unspecified atom stereocenters. The molecule has 0 saturated carbocycles. The first-order chi connectivity index (χ1) is 9.46. The number of nitrogens with one attached hydrogen (secondary N) is 2. The third-order valence-corrected chi connectivity index (χ3v) is 3.52. The van der Waals surface area contributed by atoms with Crippen molar-refractivity contribution in [1.82, 2.24) is 0 Å². The number of hydrogen-bond acceptors (Lipinski definition) is 2. The van der Waals surface area contributed by atoms with Crippen LogP contribution in [0.15, 0.2) is 18.2 Å². The fourth-order valence-corrected chi connectivity index (χ4v) is 2.12. The molecule has 1 rings (SSSR count). The minimum absolute atomic E-state index is 0.223. The lowest BCUT2D eigenvalue weighted by molar-refractivity contribution is -0.114. The first-order valence-electron chi connectivity index (χ1n) is 7.29. The van der Waals surface area contributed by atoms with Crippen molar-refractivity contribution < 1.29 is 9.18 Å². The minimum Gasteiger partial charge on any atom is -0.382 e. The quantitative estimate of drug-likeness (QED) is 0.776. The highest BCUT2D eigenvalue weighted by atomic mass is 19.1. The van der Waals surface area contributed by atoms with Crippen LogP contribution in [0.5, 0.6) is 0 Å². The molecular weight excluding hydrogens is 255 g/mol. The van der Waals surface area contributed by atoms with E-state index in [9.17, 15) is 9.18 Å². The highest BCUT2D eigenvalue weighted by molar-refractivity contribution is 5.89. The Hall–Kier alpha value is -1.58. The van der Waals surface area contributed by atoms with Crippen LogP contribution in [0.2, 0.25) is 0 Å². The summed E-state index contributed by atoms with van der Waals surface area (Å²) in [5.41, 5.74) is 1.06. The van der Waals surface area contributed by atoms with E-state index in [0.29, 0.717) is 12.0 Å². The molecule has 2 N–H and O–H groups in total. The molecule has 0 aromatic heterocycles. The van der Waals surface area contributed by atoms with Crippen molar-refractivity contribution in [3.63, 3.8) is 0 Å². The molecule has 20 heavy (non-hydrogen) atoms. The summed E-state index contributed by atoms with van der Waals surface area (Å²) in [6.45, 7) is 7.93. The number of halogens is 1. The summed E-state index contributed by atoms with van der Waals surface area (Å²) >= 11 is 0. The predicted octanol–water partition coefficient (Wildman–Crippen LogP) is 4.41. The van der Waals surface area contributed by atoms with Gasteiger partial charge in [-0.15, -0.1) is 0 Å². The number of carbonyl (C=O) groups is 1. The van der Waals surface area contributed by atoms with Gasteiger partial charge in [0.2, 0.25) is 5.91 Å². The molecule has 0 aliphatic rings. The number of rotatable bonds is 7. The third kappa shape index (κ3) is 5.19. The van der Waals surface area contributed by atoms with Gasteiger partial charge >= 0.3 is 0 Å².